The molecule has 0 unspecified atom stereocenters. The number of β-amino-alcohol motifs (C(OH)–C–C–N with tert-alkyl or cyclic N) is 1. The van der Waals surface area contributed by atoms with Crippen LogP contribution >= 0.6 is 0 Å². The van der Waals surface area contributed by atoms with Crippen molar-refractivity contribution in [3.63, 3.8) is 0 Å². The van der Waals surface area contributed by atoms with Gasteiger partial charge < -0.3 is 9.84 Å². The highest BCUT2D eigenvalue weighted by Crippen LogP contribution is 2.24. The van der Waals surface area contributed by atoms with Crippen molar-refractivity contribution in [1.29, 1.82) is 0 Å². The molecule has 1 aliphatic rings. The highest BCUT2D eigenvalue weighted by atomic mass is 16.5. The summed E-state index contributed by atoms with van der Waals surface area (Å²) in [4.78, 5) is 6.63. The van der Waals surface area contributed by atoms with Crippen molar-refractivity contribution in [2.75, 3.05) is 19.7 Å². The van der Waals surface area contributed by atoms with E-state index in [0.717, 1.165) is 37.4 Å². The van der Waals surface area contributed by atoms with Crippen LogP contribution in [0.25, 0.3) is 0 Å². The number of nitrogens with zero attached hydrogens (tertiary/aromatic N) is 2. The third kappa shape index (κ3) is 4.53. The van der Waals surface area contributed by atoms with Crippen LogP contribution in [0.5, 0.6) is 5.75 Å². The molecule has 1 saturated heterocycles. The number of pyridine rings is 1. The molecule has 1 aromatic carbocycles. The predicted octanol–water partition coefficient (Wildman–Crippen LogP) is 2.80. The van der Waals surface area contributed by atoms with Crippen LogP contribution in [0, 0.1) is 6.92 Å². The normalized spacial score (nSPS) is 22.0. The van der Waals surface area contributed by atoms with Crippen LogP contribution in [0.4, 0.5) is 0 Å². The van der Waals surface area contributed by atoms with E-state index < -0.39 is 5.60 Å². The number of rotatable bonds is 5. The molecule has 3 rings (SSSR count). The third-order valence-corrected chi connectivity index (χ3v) is 4.26. The van der Waals surface area contributed by atoms with Crippen LogP contribution in [0.3, 0.4) is 0 Å². The molecule has 1 atom stereocenters. The van der Waals surface area contributed by atoms with Crippen LogP contribution in [0.15, 0.2) is 48.7 Å². The van der Waals surface area contributed by atoms with E-state index in [1.165, 1.54) is 5.56 Å². The largest absolute Gasteiger partial charge is 0.491 e. The Morgan fingerprint density at radius 2 is 2.04 bits per heavy atom. The molecule has 23 heavy (non-hydrogen) atoms. The van der Waals surface area contributed by atoms with E-state index in [1.807, 2.05) is 49.5 Å². The van der Waals surface area contributed by atoms with Gasteiger partial charge in [0.1, 0.15) is 18.0 Å². The summed E-state index contributed by atoms with van der Waals surface area (Å²) >= 11 is 0. The highest BCUT2D eigenvalue weighted by Gasteiger charge is 2.34. The summed E-state index contributed by atoms with van der Waals surface area (Å²) in [7, 11) is 0. The average molecular weight is 312 g/mol. The molecule has 0 amide bonds. The van der Waals surface area contributed by atoms with Crippen molar-refractivity contribution in [2.45, 2.75) is 31.9 Å². The predicted molar refractivity (Wildman–Crippen MR) is 90.4 cm³/mol. The maximum Gasteiger partial charge on any atom is 0.119 e. The lowest BCUT2D eigenvalue weighted by molar-refractivity contribution is -0.0621. The minimum atomic E-state index is -0.785. The summed E-state index contributed by atoms with van der Waals surface area (Å²) in [6, 6.07) is 13.8. The van der Waals surface area contributed by atoms with Crippen molar-refractivity contribution in [2.24, 2.45) is 0 Å². The minimum absolute atomic E-state index is 0.333. The maximum absolute atomic E-state index is 10.8. The molecule has 1 aromatic heterocycles. The van der Waals surface area contributed by atoms with Crippen molar-refractivity contribution in [3.8, 4) is 5.75 Å². The number of aryl methyl sites for hydroxylation is 1. The van der Waals surface area contributed by atoms with Crippen LogP contribution < -0.4 is 4.74 Å². The van der Waals surface area contributed by atoms with Gasteiger partial charge in [0.25, 0.3) is 0 Å². The molecule has 0 aliphatic carbocycles. The number of likely N-dealkylation sites (tertiary alicyclic amines) is 1. The number of benzene rings is 1. The number of hydrogen-bond donors (Lipinski definition) is 1. The molecule has 1 N–H and O–H groups in total. The van der Waals surface area contributed by atoms with E-state index in [-0.39, 0.29) is 0 Å². The molecule has 0 saturated carbocycles. The Hall–Kier alpha value is -1.91. The van der Waals surface area contributed by atoms with Gasteiger partial charge in [-0.15, -0.1) is 0 Å². The van der Waals surface area contributed by atoms with E-state index in [9.17, 15) is 5.11 Å². The topological polar surface area (TPSA) is 45.6 Å². The van der Waals surface area contributed by atoms with Gasteiger partial charge in [-0.25, -0.2) is 0 Å². The van der Waals surface area contributed by atoms with Crippen LogP contribution in [0.1, 0.15) is 24.1 Å². The molecular formula is C19H24N2O2. The molecular weight excluding hydrogens is 288 g/mol. The lowest BCUT2D eigenvalue weighted by Gasteiger charge is -2.39. The Bertz CT molecular complexity index is 615. The quantitative estimate of drug-likeness (QED) is 0.922. The van der Waals surface area contributed by atoms with E-state index >= 15 is 0 Å². The third-order valence-electron chi connectivity index (χ3n) is 4.26. The SMILES string of the molecule is Cc1ccc(CN2CCC[C@](O)(COc3ccccc3)C2)cn1. The molecule has 2 heterocycles. The second-order valence-corrected chi connectivity index (χ2v) is 6.45. The van der Waals surface area contributed by atoms with Crippen molar-refractivity contribution in [1.82, 2.24) is 9.88 Å². The molecule has 4 heteroatoms. The second kappa shape index (κ2) is 7.11. The number of piperidine rings is 1. The standard InChI is InChI=1S/C19H24N2O2/c1-16-8-9-17(12-20-16)13-21-11-5-10-19(22,14-21)15-23-18-6-3-2-4-7-18/h2-4,6-9,12,22H,5,10-11,13-15H2,1H3/t19-/m1/s1. The molecule has 4 nitrogen and oxygen atoms in total. The first-order valence-corrected chi connectivity index (χ1v) is 8.17. The molecule has 1 aliphatic heterocycles. The molecule has 0 radical (unpaired) electrons. The van der Waals surface area contributed by atoms with Crippen LogP contribution in [-0.2, 0) is 6.54 Å². The van der Waals surface area contributed by atoms with Gasteiger partial charge in [-0.1, -0.05) is 24.3 Å². The first kappa shape index (κ1) is 16.0. The Morgan fingerprint density at radius 3 is 2.78 bits per heavy atom. The zero-order valence-electron chi connectivity index (χ0n) is 13.6. The van der Waals surface area contributed by atoms with Crippen LogP contribution in [-0.4, -0.2) is 40.3 Å². The Morgan fingerprint density at radius 1 is 1.22 bits per heavy atom. The Labute approximate surface area is 137 Å². The Kier molecular flexibility index (Phi) is 4.94. The summed E-state index contributed by atoms with van der Waals surface area (Å²) in [6.07, 6.45) is 3.68. The van der Waals surface area contributed by atoms with Gasteiger partial charge >= 0.3 is 0 Å². The number of para-hydroxylation sites is 1. The summed E-state index contributed by atoms with van der Waals surface area (Å²) in [5, 5.41) is 10.8. The maximum atomic E-state index is 10.8. The minimum Gasteiger partial charge on any atom is -0.491 e. The van der Waals surface area contributed by atoms with Gasteiger partial charge in [0, 0.05) is 25.0 Å². The van der Waals surface area contributed by atoms with Gasteiger partial charge in [-0.2, -0.15) is 0 Å². The van der Waals surface area contributed by atoms with E-state index in [0.29, 0.717) is 13.2 Å². The fourth-order valence-electron chi connectivity index (χ4n) is 3.04. The van der Waals surface area contributed by atoms with E-state index in [4.69, 9.17) is 4.74 Å². The fourth-order valence-corrected chi connectivity index (χ4v) is 3.04. The number of aliphatic hydroxyl groups is 1. The monoisotopic (exact) mass is 312 g/mol. The smallest absolute Gasteiger partial charge is 0.119 e. The van der Waals surface area contributed by atoms with Gasteiger partial charge in [0.05, 0.1) is 0 Å². The fraction of sp³-hybridized carbons (Fsp3) is 0.421. The number of ether oxygens (including phenoxy) is 1. The summed E-state index contributed by atoms with van der Waals surface area (Å²) in [5.74, 6) is 0.806. The van der Waals surface area contributed by atoms with Crippen molar-refractivity contribution in [3.05, 3.63) is 59.9 Å². The summed E-state index contributed by atoms with van der Waals surface area (Å²) in [6.45, 7) is 4.78. The first-order chi connectivity index (χ1) is 11.1. The molecule has 1 fully saturated rings. The van der Waals surface area contributed by atoms with Crippen LogP contribution in [0.2, 0.25) is 0 Å². The van der Waals surface area contributed by atoms with Gasteiger partial charge in [0.15, 0.2) is 0 Å². The molecule has 122 valence electrons. The van der Waals surface area contributed by atoms with Gasteiger partial charge in [-0.05, 0) is 50.1 Å². The average Bonchev–Trinajstić information content (AvgIpc) is 2.56. The first-order valence-electron chi connectivity index (χ1n) is 8.17. The van der Waals surface area contributed by atoms with Gasteiger partial charge in [0.2, 0.25) is 0 Å². The lowest BCUT2D eigenvalue weighted by atomic mass is 9.93. The lowest BCUT2D eigenvalue weighted by Crippen LogP contribution is -2.51. The van der Waals surface area contributed by atoms with Crippen molar-refractivity contribution < 1.29 is 9.84 Å². The van der Waals surface area contributed by atoms with E-state index in [1.54, 1.807) is 0 Å². The molecule has 2 aromatic rings. The summed E-state index contributed by atoms with van der Waals surface area (Å²) < 4.78 is 5.77. The molecule has 0 bridgehead atoms. The van der Waals surface area contributed by atoms with Crippen molar-refractivity contribution >= 4 is 0 Å². The Balaban J connectivity index is 1.57. The zero-order valence-corrected chi connectivity index (χ0v) is 13.6. The highest BCUT2D eigenvalue weighted by molar-refractivity contribution is 5.21. The summed E-state index contributed by atoms with van der Waals surface area (Å²) in [5.41, 5.74) is 1.43. The zero-order chi connectivity index (χ0) is 16.1. The van der Waals surface area contributed by atoms with Gasteiger partial charge in [-0.3, -0.25) is 9.88 Å². The number of hydrogen-bond acceptors (Lipinski definition) is 4. The molecule has 0 spiro atoms. The second-order valence-electron chi connectivity index (χ2n) is 6.45. The number of aromatic nitrogens is 1. The van der Waals surface area contributed by atoms with E-state index in [2.05, 4.69) is 16.0 Å².